The molecule has 0 radical (unpaired) electrons. The van der Waals surface area contributed by atoms with Gasteiger partial charge in [-0.1, -0.05) is 0 Å². The highest BCUT2D eigenvalue weighted by molar-refractivity contribution is 7.90. The number of benzene rings is 1. The van der Waals surface area contributed by atoms with Crippen LogP contribution in [0.15, 0.2) is 42.7 Å². The van der Waals surface area contributed by atoms with Crippen molar-refractivity contribution in [2.45, 2.75) is 38.4 Å². The van der Waals surface area contributed by atoms with E-state index in [0.717, 1.165) is 43.5 Å². The molecule has 174 valence electrons. The Balaban J connectivity index is 1.38. The standard InChI is InChI=1S/C22H32N6O3S/c1-18(2)32(30,31)25-13-4-3-6-21(29)26-19-7-9-20(10-8-19)27-14-16-28(17-15-27)22-23-11-5-12-24-22/h5,7-12,18,25H,3-4,6,13-17H2,1-2H3,(H,26,29). The third-order valence-corrected chi connectivity index (χ3v) is 7.23. The van der Waals surface area contributed by atoms with E-state index in [4.69, 9.17) is 0 Å². The molecule has 2 heterocycles. The number of hydrogen-bond acceptors (Lipinski definition) is 7. The number of aromatic nitrogens is 2. The quantitative estimate of drug-likeness (QED) is 0.524. The molecule has 3 rings (SSSR count). The Morgan fingerprint density at radius 1 is 1.00 bits per heavy atom. The maximum absolute atomic E-state index is 12.2. The van der Waals surface area contributed by atoms with Crippen molar-refractivity contribution in [3.05, 3.63) is 42.7 Å². The first kappa shape index (κ1) is 23.9. The minimum Gasteiger partial charge on any atom is -0.368 e. The third-order valence-electron chi connectivity index (χ3n) is 5.39. The zero-order chi connectivity index (χ0) is 23.0. The summed E-state index contributed by atoms with van der Waals surface area (Å²) in [6.45, 7) is 7.11. The molecular weight excluding hydrogens is 428 g/mol. The van der Waals surface area contributed by atoms with Gasteiger partial charge in [0.25, 0.3) is 0 Å². The summed E-state index contributed by atoms with van der Waals surface area (Å²) in [5, 5.41) is 2.46. The molecule has 1 saturated heterocycles. The number of carbonyl (C=O) groups excluding carboxylic acids is 1. The summed E-state index contributed by atoms with van der Waals surface area (Å²) in [5.74, 6) is 0.698. The fraction of sp³-hybridized carbons (Fsp3) is 0.500. The van der Waals surface area contributed by atoms with Gasteiger partial charge in [-0.25, -0.2) is 23.1 Å². The van der Waals surface area contributed by atoms with E-state index < -0.39 is 15.3 Å². The third kappa shape index (κ3) is 6.89. The van der Waals surface area contributed by atoms with Crippen molar-refractivity contribution in [3.63, 3.8) is 0 Å². The van der Waals surface area contributed by atoms with Crippen LogP contribution in [0.2, 0.25) is 0 Å². The topological polar surface area (TPSA) is 108 Å². The molecule has 0 saturated carbocycles. The Hall–Kier alpha value is -2.72. The second kappa shape index (κ2) is 11.2. The second-order valence-electron chi connectivity index (χ2n) is 8.06. The van der Waals surface area contributed by atoms with E-state index in [1.54, 1.807) is 26.2 Å². The molecule has 0 bridgehead atoms. The minimum atomic E-state index is -3.24. The lowest BCUT2D eigenvalue weighted by atomic mass is 10.2. The second-order valence-corrected chi connectivity index (χ2v) is 10.4. The lowest BCUT2D eigenvalue weighted by Crippen LogP contribution is -2.47. The summed E-state index contributed by atoms with van der Waals surface area (Å²) in [6.07, 6.45) is 5.12. The summed E-state index contributed by atoms with van der Waals surface area (Å²) < 4.78 is 25.9. The Labute approximate surface area is 190 Å². The first-order chi connectivity index (χ1) is 15.3. The number of unbranched alkanes of at least 4 members (excludes halogenated alkanes) is 1. The Bertz CT molecular complexity index is 959. The van der Waals surface area contributed by atoms with Gasteiger partial charge in [-0.15, -0.1) is 0 Å². The van der Waals surface area contributed by atoms with Gasteiger partial charge in [-0.3, -0.25) is 4.79 Å². The van der Waals surface area contributed by atoms with Crippen LogP contribution in [0.25, 0.3) is 0 Å². The largest absolute Gasteiger partial charge is 0.368 e. The van der Waals surface area contributed by atoms with Crippen molar-refractivity contribution in [3.8, 4) is 0 Å². The van der Waals surface area contributed by atoms with Crippen molar-refractivity contribution in [1.82, 2.24) is 14.7 Å². The van der Waals surface area contributed by atoms with Crippen LogP contribution in [0.3, 0.4) is 0 Å². The lowest BCUT2D eigenvalue weighted by molar-refractivity contribution is -0.116. The maximum Gasteiger partial charge on any atom is 0.225 e. The number of rotatable bonds is 10. The molecular formula is C22H32N6O3S. The van der Waals surface area contributed by atoms with Gasteiger partial charge < -0.3 is 15.1 Å². The first-order valence-electron chi connectivity index (χ1n) is 11.0. The van der Waals surface area contributed by atoms with E-state index >= 15 is 0 Å². The lowest BCUT2D eigenvalue weighted by Gasteiger charge is -2.36. The number of piperazine rings is 1. The summed E-state index contributed by atoms with van der Waals surface area (Å²) in [4.78, 5) is 25.3. The van der Waals surface area contributed by atoms with Crippen molar-refractivity contribution in [1.29, 1.82) is 0 Å². The molecule has 1 fully saturated rings. The Morgan fingerprint density at radius 2 is 1.62 bits per heavy atom. The van der Waals surface area contributed by atoms with Gasteiger partial charge in [0.2, 0.25) is 21.9 Å². The molecule has 9 nitrogen and oxygen atoms in total. The van der Waals surface area contributed by atoms with Crippen LogP contribution in [-0.2, 0) is 14.8 Å². The van der Waals surface area contributed by atoms with Crippen LogP contribution in [0.5, 0.6) is 0 Å². The van der Waals surface area contributed by atoms with Gasteiger partial charge in [0.15, 0.2) is 0 Å². The number of anilines is 3. The number of amides is 1. The van der Waals surface area contributed by atoms with Crippen molar-refractivity contribution in [2.75, 3.05) is 47.8 Å². The summed E-state index contributed by atoms with van der Waals surface area (Å²) in [5.41, 5.74) is 1.88. The van der Waals surface area contributed by atoms with Gasteiger partial charge in [-0.05, 0) is 57.0 Å². The van der Waals surface area contributed by atoms with E-state index in [0.29, 0.717) is 25.8 Å². The summed E-state index contributed by atoms with van der Waals surface area (Å²) in [6, 6.07) is 9.68. The molecule has 1 aliphatic rings. The summed E-state index contributed by atoms with van der Waals surface area (Å²) >= 11 is 0. The van der Waals surface area contributed by atoms with E-state index in [1.807, 2.05) is 30.3 Å². The average molecular weight is 461 g/mol. The van der Waals surface area contributed by atoms with Gasteiger partial charge in [0.1, 0.15) is 0 Å². The number of carbonyl (C=O) groups is 1. The molecule has 32 heavy (non-hydrogen) atoms. The van der Waals surface area contributed by atoms with Crippen LogP contribution in [0.1, 0.15) is 33.1 Å². The monoisotopic (exact) mass is 460 g/mol. The van der Waals surface area contributed by atoms with Crippen LogP contribution >= 0.6 is 0 Å². The number of hydrogen-bond donors (Lipinski definition) is 2. The predicted octanol–water partition coefficient (Wildman–Crippen LogP) is 2.24. The molecule has 1 amide bonds. The SMILES string of the molecule is CC(C)S(=O)(=O)NCCCCC(=O)Nc1ccc(N2CCN(c3ncccn3)CC2)cc1. The summed E-state index contributed by atoms with van der Waals surface area (Å²) in [7, 11) is -3.24. The highest BCUT2D eigenvalue weighted by Gasteiger charge is 2.19. The zero-order valence-corrected chi connectivity index (χ0v) is 19.5. The molecule has 0 aliphatic carbocycles. The van der Waals surface area contributed by atoms with E-state index in [-0.39, 0.29) is 5.91 Å². The van der Waals surface area contributed by atoms with Gasteiger partial charge >= 0.3 is 0 Å². The number of nitrogens with zero attached hydrogens (tertiary/aromatic N) is 4. The molecule has 2 aromatic rings. The molecule has 1 aliphatic heterocycles. The molecule has 1 aromatic heterocycles. The van der Waals surface area contributed by atoms with Gasteiger partial charge in [-0.2, -0.15) is 0 Å². The minimum absolute atomic E-state index is 0.0686. The molecule has 10 heteroatoms. The van der Waals surface area contributed by atoms with Crippen molar-refractivity contribution < 1.29 is 13.2 Å². The molecule has 0 spiro atoms. The Morgan fingerprint density at radius 3 is 2.25 bits per heavy atom. The number of nitrogens with one attached hydrogen (secondary N) is 2. The molecule has 2 N–H and O–H groups in total. The van der Waals surface area contributed by atoms with E-state index in [2.05, 4.69) is 29.8 Å². The van der Waals surface area contributed by atoms with E-state index in [9.17, 15) is 13.2 Å². The Kier molecular flexibility index (Phi) is 8.40. The normalized spacial score (nSPS) is 14.6. The number of sulfonamides is 1. The first-order valence-corrected chi connectivity index (χ1v) is 12.5. The predicted molar refractivity (Wildman–Crippen MR) is 127 cm³/mol. The maximum atomic E-state index is 12.2. The highest BCUT2D eigenvalue weighted by atomic mass is 32.2. The highest BCUT2D eigenvalue weighted by Crippen LogP contribution is 2.21. The smallest absolute Gasteiger partial charge is 0.225 e. The van der Waals surface area contributed by atoms with Crippen LogP contribution in [0, 0.1) is 0 Å². The zero-order valence-electron chi connectivity index (χ0n) is 18.7. The van der Waals surface area contributed by atoms with Gasteiger partial charge in [0.05, 0.1) is 5.25 Å². The van der Waals surface area contributed by atoms with E-state index in [1.165, 1.54) is 0 Å². The molecule has 0 atom stereocenters. The fourth-order valence-corrected chi connectivity index (χ4v) is 4.15. The molecule has 0 unspecified atom stereocenters. The van der Waals surface area contributed by atoms with Crippen molar-refractivity contribution >= 4 is 33.3 Å². The van der Waals surface area contributed by atoms with Crippen LogP contribution in [-0.4, -0.2) is 62.3 Å². The van der Waals surface area contributed by atoms with Gasteiger partial charge in [0, 0.05) is 62.9 Å². The van der Waals surface area contributed by atoms with Crippen molar-refractivity contribution in [2.24, 2.45) is 0 Å². The van der Waals surface area contributed by atoms with Crippen LogP contribution in [0.4, 0.5) is 17.3 Å². The van der Waals surface area contributed by atoms with Crippen LogP contribution < -0.4 is 19.8 Å². The molecule has 1 aromatic carbocycles. The fourth-order valence-electron chi connectivity index (χ4n) is 3.39. The average Bonchev–Trinajstić information content (AvgIpc) is 2.80.